The van der Waals surface area contributed by atoms with E-state index in [1.165, 1.54) is 5.56 Å². The lowest BCUT2D eigenvalue weighted by Gasteiger charge is -2.30. The lowest BCUT2D eigenvalue weighted by Crippen LogP contribution is -2.37. The molecule has 42 heavy (non-hydrogen) atoms. The summed E-state index contributed by atoms with van der Waals surface area (Å²) in [6, 6.07) is 14.3. The molecular formula is C33H32N6O3. The quantitative estimate of drug-likeness (QED) is 0.307. The van der Waals surface area contributed by atoms with Gasteiger partial charge in [-0.25, -0.2) is 9.67 Å². The second-order valence-corrected chi connectivity index (χ2v) is 11.4. The predicted octanol–water partition coefficient (Wildman–Crippen LogP) is 4.93. The van der Waals surface area contributed by atoms with Crippen molar-refractivity contribution in [3.8, 4) is 0 Å². The van der Waals surface area contributed by atoms with Crippen LogP contribution >= 0.6 is 0 Å². The molecule has 9 heteroatoms. The van der Waals surface area contributed by atoms with Crippen molar-refractivity contribution in [2.75, 3.05) is 6.54 Å². The molecule has 0 saturated carbocycles. The normalized spacial score (nSPS) is 17.9. The van der Waals surface area contributed by atoms with E-state index in [0.717, 1.165) is 69.1 Å². The number of pyridine rings is 1. The number of carbonyl (C=O) groups is 2. The molecule has 0 spiro atoms. The van der Waals surface area contributed by atoms with Crippen molar-refractivity contribution in [2.24, 2.45) is 7.05 Å². The Morgan fingerprint density at radius 2 is 1.95 bits per heavy atom. The maximum absolute atomic E-state index is 13.8. The Labute approximate surface area is 243 Å². The Balaban J connectivity index is 1.35. The Bertz CT molecular complexity index is 1920. The molecule has 3 aromatic heterocycles. The van der Waals surface area contributed by atoms with Gasteiger partial charge in [0.25, 0.3) is 5.91 Å². The van der Waals surface area contributed by atoms with Crippen LogP contribution in [-0.4, -0.2) is 53.0 Å². The maximum Gasteiger partial charge on any atom is 0.304 e. The third kappa shape index (κ3) is 4.45. The molecule has 8 rings (SSSR count). The van der Waals surface area contributed by atoms with Gasteiger partial charge in [0.1, 0.15) is 16.9 Å². The van der Waals surface area contributed by atoms with Crippen LogP contribution in [0.4, 0.5) is 0 Å². The van der Waals surface area contributed by atoms with E-state index < -0.39 is 5.97 Å². The van der Waals surface area contributed by atoms with Crippen LogP contribution in [0.3, 0.4) is 0 Å². The van der Waals surface area contributed by atoms with Crippen molar-refractivity contribution in [2.45, 2.75) is 51.6 Å². The number of carboxylic acids is 1. The van der Waals surface area contributed by atoms with Gasteiger partial charge >= 0.3 is 5.97 Å². The Hall–Kier alpha value is -4.79. The van der Waals surface area contributed by atoms with Crippen LogP contribution in [0.1, 0.15) is 62.6 Å². The topological polar surface area (TPSA) is 106 Å². The summed E-state index contributed by atoms with van der Waals surface area (Å²) >= 11 is 0. The number of rotatable bonds is 2. The minimum absolute atomic E-state index is 0.0235. The third-order valence-electron chi connectivity index (χ3n) is 8.86. The highest BCUT2D eigenvalue weighted by Gasteiger charge is 2.27. The summed E-state index contributed by atoms with van der Waals surface area (Å²) in [5.41, 5.74) is 9.29. The minimum atomic E-state index is -0.864. The second kappa shape index (κ2) is 10.2. The zero-order valence-corrected chi connectivity index (χ0v) is 23.7. The largest absolute Gasteiger partial charge is 0.481 e. The fraction of sp³-hybridized carbons (Fsp3) is 0.303. The monoisotopic (exact) mass is 560 g/mol. The number of aromatic nitrogens is 5. The van der Waals surface area contributed by atoms with Gasteiger partial charge in [0.05, 0.1) is 18.5 Å². The molecule has 3 aliphatic rings. The number of hydrogen-bond acceptors (Lipinski definition) is 5. The van der Waals surface area contributed by atoms with Crippen molar-refractivity contribution in [1.82, 2.24) is 29.4 Å². The fourth-order valence-corrected chi connectivity index (χ4v) is 6.56. The highest BCUT2D eigenvalue weighted by molar-refractivity contribution is 5.98. The van der Waals surface area contributed by atoms with Gasteiger partial charge < -0.3 is 14.6 Å². The molecule has 5 aromatic rings. The first-order valence-corrected chi connectivity index (χ1v) is 14.4. The van der Waals surface area contributed by atoms with Crippen LogP contribution in [0, 0.1) is 6.92 Å². The third-order valence-corrected chi connectivity index (χ3v) is 8.86. The summed E-state index contributed by atoms with van der Waals surface area (Å²) in [6.45, 7) is 3.69. The van der Waals surface area contributed by atoms with Gasteiger partial charge in [-0.1, -0.05) is 41.6 Å². The van der Waals surface area contributed by atoms with E-state index in [1.54, 1.807) is 0 Å². The molecule has 3 aliphatic heterocycles. The van der Waals surface area contributed by atoms with E-state index >= 15 is 0 Å². The van der Waals surface area contributed by atoms with Crippen LogP contribution in [0.15, 0.2) is 60.8 Å². The van der Waals surface area contributed by atoms with Crippen molar-refractivity contribution in [1.29, 1.82) is 0 Å². The first kappa shape index (κ1) is 26.1. The molecule has 6 heterocycles. The van der Waals surface area contributed by atoms with E-state index in [1.807, 2.05) is 58.6 Å². The van der Waals surface area contributed by atoms with Crippen LogP contribution in [0.2, 0.25) is 0 Å². The first-order valence-electron chi connectivity index (χ1n) is 14.4. The summed E-state index contributed by atoms with van der Waals surface area (Å²) < 4.78 is 3.77. The molecule has 0 fully saturated rings. The highest BCUT2D eigenvalue weighted by Crippen LogP contribution is 2.35. The van der Waals surface area contributed by atoms with Gasteiger partial charge in [0, 0.05) is 37.6 Å². The summed E-state index contributed by atoms with van der Waals surface area (Å²) in [6.07, 6.45) is 8.54. The molecule has 9 nitrogen and oxygen atoms in total. The number of aryl methyl sites for hydroxylation is 3. The van der Waals surface area contributed by atoms with Gasteiger partial charge in [0.2, 0.25) is 0 Å². The molecule has 1 atom stereocenters. The maximum atomic E-state index is 13.8. The number of aliphatic carboxylic acids is 1. The van der Waals surface area contributed by atoms with E-state index in [2.05, 4.69) is 40.7 Å². The number of carbonyl (C=O) groups excluding carboxylic acids is 1. The SMILES string of the molecule is Cc1c2ccc3c1nnn3C/C=C/CCc1cnc3c(c1)cc(n3C)C(=O)N1CCc3ccc(cc3C1)C2CC(=O)O. The first-order chi connectivity index (χ1) is 20.4. The Morgan fingerprint density at radius 3 is 2.81 bits per heavy atom. The Kier molecular flexibility index (Phi) is 6.37. The second-order valence-electron chi connectivity index (χ2n) is 11.4. The molecule has 0 aliphatic carbocycles. The van der Waals surface area contributed by atoms with Gasteiger partial charge in [0.15, 0.2) is 0 Å². The molecule has 1 amide bonds. The molecule has 10 bridgehead atoms. The number of carboxylic acid groups (broad SMARTS) is 1. The predicted molar refractivity (Wildman–Crippen MR) is 159 cm³/mol. The number of amides is 1. The van der Waals surface area contributed by atoms with Crippen LogP contribution < -0.4 is 0 Å². The summed E-state index contributed by atoms with van der Waals surface area (Å²) in [5.74, 6) is -1.24. The molecule has 0 radical (unpaired) electrons. The van der Waals surface area contributed by atoms with Gasteiger partial charge in [-0.2, -0.15) is 0 Å². The van der Waals surface area contributed by atoms with Crippen molar-refractivity contribution >= 4 is 33.9 Å². The average Bonchev–Trinajstić information content (AvgIpc) is 3.55. The number of allylic oxidation sites excluding steroid dienone is 2. The molecule has 1 N–H and O–H groups in total. The summed E-state index contributed by atoms with van der Waals surface area (Å²) in [7, 11) is 1.90. The minimum Gasteiger partial charge on any atom is -0.481 e. The fourth-order valence-electron chi connectivity index (χ4n) is 6.56. The van der Waals surface area contributed by atoms with Gasteiger partial charge in [-0.3, -0.25) is 9.59 Å². The summed E-state index contributed by atoms with van der Waals surface area (Å²) in [5, 5.41) is 19.8. The van der Waals surface area contributed by atoms with E-state index in [-0.39, 0.29) is 18.2 Å². The average molecular weight is 561 g/mol. The Morgan fingerprint density at radius 1 is 1.07 bits per heavy atom. The van der Waals surface area contributed by atoms with Gasteiger partial charge in [-0.15, -0.1) is 5.10 Å². The highest BCUT2D eigenvalue weighted by atomic mass is 16.4. The lowest BCUT2D eigenvalue weighted by molar-refractivity contribution is -0.137. The van der Waals surface area contributed by atoms with Gasteiger partial charge in [-0.05, 0) is 77.8 Å². The van der Waals surface area contributed by atoms with E-state index in [4.69, 9.17) is 4.98 Å². The standard InChI is InChI=1S/C33H32N6O3/c1-20-26-9-10-28-31(20)35-36-39(28)12-5-3-4-6-21-14-24-16-29(37(2)32(24)34-18-21)33(42)38-13-11-22-7-8-23(15-25(22)19-38)27(26)17-30(40)41/h3,5,7-10,14-16,18,27H,4,6,11-13,17,19H2,1-2H3,(H,40,41)/b5-3+. The number of nitrogens with zero attached hydrogens (tertiary/aromatic N) is 6. The van der Waals surface area contributed by atoms with Crippen LogP contribution in [-0.2, 0) is 37.8 Å². The lowest BCUT2D eigenvalue weighted by atomic mass is 9.83. The summed E-state index contributed by atoms with van der Waals surface area (Å²) in [4.78, 5) is 32.5. The van der Waals surface area contributed by atoms with E-state index in [9.17, 15) is 14.7 Å². The molecule has 0 saturated heterocycles. The smallest absolute Gasteiger partial charge is 0.304 e. The zero-order chi connectivity index (χ0) is 29.0. The molecular weight excluding hydrogens is 528 g/mol. The molecule has 212 valence electrons. The number of benzene rings is 2. The van der Waals surface area contributed by atoms with E-state index in [0.29, 0.717) is 25.3 Å². The molecule has 2 aromatic carbocycles. The number of fused-ring (bicyclic) bond motifs is 4. The van der Waals surface area contributed by atoms with Crippen molar-refractivity contribution in [3.05, 3.63) is 99.9 Å². The number of hydrogen-bond donors (Lipinski definition) is 1. The van der Waals surface area contributed by atoms with Crippen molar-refractivity contribution in [3.63, 3.8) is 0 Å². The van der Waals surface area contributed by atoms with Crippen molar-refractivity contribution < 1.29 is 14.7 Å². The zero-order valence-electron chi connectivity index (χ0n) is 23.7. The van der Waals surface area contributed by atoms with Crippen LogP contribution in [0.25, 0.3) is 22.1 Å². The van der Waals surface area contributed by atoms with Crippen LogP contribution in [0.5, 0.6) is 0 Å². The molecule has 1 unspecified atom stereocenters.